The highest BCUT2D eigenvalue weighted by molar-refractivity contribution is 5.60. The molecule has 6 heteroatoms. The molecule has 47 heavy (non-hydrogen) atoms. The van der Waals surface area contributed by atoms with Crippen LogP contribution in [0.15, 0.2) is 0 Å². The predicted octanol–water partition coefficient (Wildman–Crippen LogP) is 11.8. The van der Waals surface area contributed by atoms with E-state index in [0.29, 0.717) is 18.6 Å². The van der Waals surface area contributed by atoms with Gasteiger partial charge in [-0.25, -0.2) is 4.79 Å². The molecule has 0 aliphatic heterocycles. The van der Waals surface area contributed by atoms with Crippen molar-refractivity contribution in [3.8, 4) is 0 Å². The van der Waals surface area contributed by atoms with Crippen molar-refractivity contribution in [1.82, 2.24) is 9.80 Å². The van der Waals surface area contributed by atoms with Crippen molar-refractivity contribution < 1.29 is 19.0 Å². The summed E-state index contributed by atoms with van der Waals surface area (Å²) in [5.74, 6) is 0.683. The van der Waals surface area contributed by atoms with Crippen molar-refractivity contribution in [3.63, 3.8) is 0 Å². The monoisotopic (exact) mass is 669 g/mol. The summed E-state index contributed by atoms with van der Waals surface area (Å²) < 4.78 is 17.8. The molecule has 0 aliphatic carbocycles. The van der Waals surface area contributed by atoms with Crippen molar-refractivity contribution in [2.45, 2.75) is 202 Å². The summed E-state index contributed by atoms with van der Waals surface area (Å²) in [6, 6.07) is 0.414. The van der Waals surface area contributed by atoms with E-state index in [0.717, 1.165) is 71.6 Å². The topological polar surface area (TPSA) is 51.2 Å². The van der Waals surface area contributed by atoms with Crippen molar-refractivity contribution in [2.75, 3.05) is 52.5 Å². The molecule has 0 aromatic heterocycles. The fourth-order valence-corrected chi connectivity index (χ4v) is 6.48. The minimum atomic E-state index is -0.502. The maximum absolute atomic E-state index is 12.8. The largest absolute Gasteiger partial charge is 0.508 e. The van der Waals surface area contributed by atoms with Crippen LogP contribution in [0.2, 0.25) is 0 Å². The summed E-state index contributed by atoms with van der Waals surface area (Å²) in [4.78, 5) is 17.6. The summed E-state index contributed by atoms with van der Waals surface area (Å²) in [5.41, 5.74) is 0. The Morgan fingerprint density at radius 2 is 1.06 bits per heavy atom. The van der Waals surface area contributed by atoms with Crippen molar-refractivity contribution >= 4 is 6.16 Å². The molecule has 0 aromatic rings. The van der Waals surface area contributed by atoms with Gasteiger partial charge in [-0.15, -0.1) is 0 Å². The average Bonchev–Trinajstić information content (AvgIpc) is 3.06. The lowest BCUT2D eigenvalue weighted by molar-refractivity contribution is 0.00622. The molecule has 0 radical (unpaired) electrons. The fraction of sp³-hybridized carbons (Fsp3) is 0.976. The first-order chi connectivity index (χ1) is 22.9. The van der Waals surface area contributed by atoms with E-state index < -0.39 is 6.16 Å². The van der Waals surface area contributed by atoms with Crippen LogP contribution in [-0.4, -0.2) is 80.6 Å². The van der Waals surface area contributed by atoms with E-state index in [9.17, 15) is 4.79 Å². The maximum atomic E-state index is 12.8. The Hall–Kier alpha value is -0.850. The minimum absolute atomic E-state index is 0.0848. The molecule has 6 nitrogen and oxygen atoms in total. The van der Waals surface area contributed by atoms with Crippen LogP contribution in [0, 0.1) is 5.92 Å². The number of rotatable bonds is 36. The highest BCUT2D eigenvalue weighted by atomic mass is 16.7. The minimum Gasteiger partial charge on any atom is -0.433 e. The third-order valence-corrected chi connectivity index (χ3v) is 9.92. The molecule has 0 aliphatic rings. The number of carbonyl (C=O) groups excluding carboxylic acids is 1. The van der Waals surface area contributed by atoms with E-state index in [1.165, 1.54) is 116 Å². The molecule has 0 saturated carbocycles. The van der Waals surface area contributed by atoms with Gasteiger partial charge in [-0.2, -0.15) is 0 Å². The Morgan fingerprint density at radius 3 is 1.64 bits per heavy atom. The lowest BCUT2D eigenvalue weighted by Gasteiger charge is -2.29. The van der Waals surface area contributed by atoms with Crippen LogP contribution >= 0.6 is 0 Å². The summed E-state index contributed by atoms with van der Waals surface area (Å²) in [7, 11) is 0. The van der Waals surface area contributed by atoms with Gasteiger partial charge in [0.15, 0.2) is 0 Å². The van der Waals surface area contributed by atoms with E-state index in [1.807, 2.05) is 0 Å². The normalized spacial score (nSPS) is 13.1. The molecule has 0 rings (SSSR count). The molecule has 0 amide bonds. The SMILES string of the molecule is CCCCCCCCCCCCCC(CCCOCC(CCCC)CCCCCC)OC(=O)OCCN(CCN(CC)CC)C(C)C. The van der Waals surface area contributed by atoms with Crippen LogP contribution < -0.4 is 0 Å². The van der Waals surface area contributed by atoms with Crippen LogP contribution in [-0.2, 0) is 14.2 Å². The zero-order chi connectivity index (χ0) is 34.8. The van der Waals surface area contributed by atoms with Crippen molar-refractivity contribution in [1.29, 1.82) is 0 Å². The second kappa shape index (κ2) is 35.0. The lowest BCUT2D eigenvalue weighted by Crippen LogP contribution is -2.40. The lowest BCUT2D eigenvalue weighted by atomic mass is 9.96. The zero-order valence-electron chi connectivity index (χ0n) is 33.0. The standard InChI is InChI=1S/C41H84N2O4/c1-8-13-16-18-19-20-21-22-23-24-26-30-40(31-27-35-45-37-39(28-15-10-3)29-25-17-14-9-2)47-41(44)46-36-34-43(38(6)7)33-32-42(11-4)12-5/h38-40H,8-37H2,1-7H3. The van der Waals surface area contributed by atoms with E-state index in [1.54, 1.807) is 0 Å². The number of likely N-dealkylation sites (N-methyl/N-ethyl adjacent to an activating group) is 1. The molecule has 0 heterocycles. The van der Waals surface area contributed by atoms with Gasteiger partial charge in [0.2, 0.25) is 0 Å². The summed E-state index contributed by atoms with van der Waals surface area (Å²) in [6.07, 6.45) is 27.1. The Morgan fingerprint density at radius 1 is 0.553 bits per heavy atom. The first kappa shape index (κ1) is 46.1. The van der Waals surface area contributed by atoms with Crippen LogP contribution in [0.3, 0.4) is 0 Å². The molecule has 0 N–H and O–H groups in total. The highest BCUT2D eigenvalue weighted by Gasteiger charge is 2.17. The van der Waals surface area contributed by atoms with Gasteiger partial charge in [-0.05, 0) is 71.4 Å². The second-order valence-electron chi connectivity index (χ2n) is 14.4. The van der Waals surface area contributed by atoms with E-state index in [2.05, 4.69) is 58.3 Å². The van der Waals surface area contributed by atoms with Crippen LogP contribution in [0.1, 0.15) is 190 Å². The number of carbonyl (C=O) groups is 1. The molecule has 0 saturated heterocycles. The molecule has 0 fully saturated rings. The Labute approximate surface area is 294 Å². The van der Waals surface area contributed by atoms with Gasteiger partial charge in [0, 0.05) is 38.9 Å². The Balaban J connectivity index is 4.67. The first-order valence-corrected chi connectivity index (χ1v) is 20.8. The smallest absolute Gasteiger partial charge is 0.433 e. The average molecular weight is 669 g/mol. The number of unbranched alkanes of at least 4 members (excludes halogenated alkanes) is 14. The number of hydrogen-bond acceptors (Lipinski definition) is 6. The highest BCUT2D eigenvalue weighted by Crippen LogP contribution is 2.19. The quantitative estimate of drug-likeness (QED) is 0.0489. The van der Waals surface area contributed by atoms with Crippen LogP contribution in [0.25, 0.3) is 0 Å². The summed E-state index contributed by atoms with van der Waals surface area (Å²) >= 11 is 0. The van der Waals surface area contributed by atoms with Crippen LogP contribution in [0.4, 0.5) is 4.79 Å². The van der Waals surface area contributed by atoms with Gasteiger partial charge in [0.1, 0.15) is 12.7 Å². The molecular weight excluding hydrogens is 584 g/mol. The third kappa shape index (κ3) is 29.8. The predicted molar refractivity (Wildman–Crippen MR) is 204 cm³/mol. The molecule has 2 atom stereocenters. The molecule has 0 aromatic carbocycles. The molecule has 0 spiro atoms. The van der Waals surface area contributed by atoms with Gasteiger partial charge in [-0.1, -0.05) is 137 Å². The summed E-state index contributed by atoms with van der Waals surface area (Å²) in [6.45, 7) is 22.6. The fourth-order valence-electron chi connectivity index (χ4n) is 6.48. The van der Waals surface area contributed by atoms with E-state index in [-0.39, 0.29) is 6.10 Å². The Kier molecular flexibility index (Phi) is 34.4. The summed E-state index contributed by atoms with van der Waals surface area (Å²) in [5, 5.41) is 0. The number of hydrogen-bond donors (Lipinski definition) is 0. The van der Waals surface area contributed by atoms with Gasteiger partial charge in [0.25, 0.3) is 0 Å². The van der Waals surface area contributed by atoms with Gasteiger partial charge in [0.05, 0.1) is 0 Å². The van der Waals surface area contributed by atoms with Gasteiger partial charge in [-0.3, -0.25) is 4.90 Å². The van der Waals surface area contributed by atoms with Crippen LogP contribution in [0.5, 0.6) is 0 Å². The zero-order valence-corrected chi connectivity index (χ0v) is 33.0. The van der Waals surface area contributed by atoms with Gasteiger partial charge >= 0.3 is 6.16 Å². The maximum Gasteiger partial charge on any atom is 0.508 e. The second-order valence-corrected chi connectivity index (χ2v) is 14.4. The van der Waals surface area contributed by atoms with E-state index >= 15 is 0 Å². The molecular formula is C41H84N2O4. The number of nitrogens with zero attached hydrogens (tertiary/aromatic N) is 2. The first-order valence-electron chi connectivity index (χ1n) is 20.8. The van der Waals surface area contributed by atoms with Gasteiger partial charge < -0.3 is 19.1 Å². The van der Waals surface area contributed by atoms with E-state index in [4.69, 9.17) is 14.2 Å². The molecule has 282 valence electrons. The molecule has 2 unspecified atom stereocenters. The Bertz CT molecular complexity index is 643. The van der Waals surface area contributed by atoms with Crippen molar-refractivity contribution in [3.05, 3.63) is 0 Å². The third-order valence-electron chi connectivity index (χ3n) is 9.92. The van der Waals surface area contributed by atoms with Crippen molar-refractivity contribution in [2.24, 2.45) is 5.92 Å². The number of ether oxygens (including phenoxy) is 3. The molecule has 0 bridgehead atoms.